The van der Waals surface area contributed by atoms with Crippen molar-refractivity contribution >= 4 is 39.1 Å². The third kappa shape index (κ3) is 4.64. The van der Waals surface area contributed by atoms with Gasteiger partial charge in [-0.3, -0.25) is 19.3 Å². The molecule has 2 fully saturated rings. The van der Waals surface area contributed by atoms with Gasteiger partial charge in [-0.05, 0) is 36.8 Å². The summed E-state index contributed by atoms with van der Waals surface area (Å²) >= 11 is 0. The van der Waals surface area contributed by atoms with Gasteiger partial charge in [-0.25, -0.2) is 12.7 Å². The molecule has 3 heterocycles. The number of sulfonamides is 1. The van der Waals surface area contributed by atoms with E-state index in [1.54, 1.807) is 30.3 Å². The van der Waals surface area contributed by atoms with E-state index >= 15 is 0 Å². The molecule has 1 atom stereocenters. The van der Waals surface area contributed by atoms with Crippen molar-refractivity contribution in [3.63, 3.8) is 0 Å². The number of nitrogens with zero attached hydrogens (tertiary/aromatic N) is 4. The fourth-order valence-electron chi connectivity index (χ4n) is 5.89. The third-order valence-electron chi connectivity index (χ3n) is 7.99. The van der Waals surface area contributed by atoms with E-state index in [1.165, 1.54) is 48.2 Å². The van der Waals surface area contributed by atoms with Gasteiger partial charge in [0, 0.05) is 57.9 Å². The number of amides is 2. The van der Waals surface area contributed by atoms with Gasteiger partial charge >= 0.3 is 0 Å². The van der Waals surface area contributed by atoms with Gasteiger partial charge < -0.3 is 19.6 Å². The molecular weight excluding hydrogens is 560 g/mol. The molecule has 5 rings (SSSR count). The molecule has 1 unspecified atom stereocenters. The molecule has 2 amide bonds. The van der Waals surface area contributed by atoms with Crippen LogP contribution in [-0.4, -0.2) is 105 Å². The number of morpholine rings is 1. The summed E-state index contributed by atoms with van der Waals surface area (Å²) in [6, 6.07) is 12.2. The van der Waals surface area contributed by atoms with E-state index in [4.69, 9.17) is 4.74 Å². The highest BCUT2D eigenvalue weighted by atomic mass is 32.2. The first-order chi connectivity index (χ1) is 20.1. The third-order valence-corrected chi connectivity index (χ3v) is 9.82. The predicted molar refractivity (Wildman–Crippen MR) is 156 cm³/mol. The van der Waals surface area contributed by atoms with Crippen LogP contribution in [0, 0.1) is 0 Å². The number of Topliss-reactive ketones (excluding diaryl/α,β-unsaturated/α-hetero) is 1. The second kappa shape index (κ2) is 11.4. The van der Waals surface area contributed by atoms with Crippen molar-refractivity contribution in [3.8, 4) is 0 Å². The Kier molecular flexibility index (Phi) is 8.08. The first-order valence-electron chi connectivity index (χ1n) is 13.7. The molecule has 0 aliphatic carbocycles. The minimum absolute atomic E-state index is 0.0122. The zero-order valence-electron chi connectivity index (χ0n) is 23.7. The fourth-order valence-corrected chi connectivity index (χ4v) is 6.80. The lowest BCUT2D eigenvalue weighted by Gasteiger charge is -2.35. The molecule has 2 aromatic rings. The van der Waals surface area contributed by atoms with Gasteiger partial charge in [-0.2, -0.15) is 0 Å². The summed E-state index contributed by atoms with van der Waals surface area (Å²) < 4.78 is 31.6. The Bertz CT molecular complexity index is 1560. The molecule has 222 valence electrons. The second-order valence-electron chi connectivity index (χ2n) is 10.6. The maximum Gasteiger partial charge on any atom is 0.296 e. The molecule has 0 saturated carbocycles. The Morgan fingerprint density at radius 2 is 1.71 bits per heavy atom. The number of carbonyl (C=O) groups is 3. The second-order valence-corrected chi connectivity index (χ2v) is 12.7. The number of benzene rings is 2. The molecular formula is C30H34N4O7S. The van der Waals surface area contributed by atoms with Crippen molar-refractivity contribution in [1.29, 1.82) is 0 Å². The number of hydrogen-bond acceptors (Lipinski definition) is 8. The van der Waals surface area contributed by atoms with E-state index in [9.17, 15) is 27.9 Å². The fraction of sp³-hybridized carbons (Fsp3) is 0.367. The molecule has 0 radical (unpaired) electrons. The number of ketones is 1. The SMILES string of the molecule is C=CCN1C(=O)C2(/C(=C(/O)c3ccc(S(=O)(=O)N(C)C)cc3)C(=O)C(=O)N2CCCN2CCOCC2)c2ccccc21. The standard InChI is InChI=1S/C30H34N4O7S/c1-4-14-33-24-9-6-5-8-23(24)30(29(33)38)25(26(35)21-10-12-22(13-11-21)42(39,40)31(2)3)27(36)28(37)34(30)16-7-15-32-17-19-41-20-18-32/h4-6,8-13,35H,1,7,14-20H2,2-3H3/b26-25+. The van der Waals surface area contributed by atoms with E-state index in [0.29, 0.717) is 37.4 Å². The van der Waals surface area contributed by atoms with E-state index < -0.39 is 38.9 Å². The van der Waals surface area contributed by atoms with Crippen molar-refractivity contribution in [1.82, 2.24) is 14.1 Å². The van der Waals surface area contributed by atoms with Gasteiger partial charge in [-0.1, -0.05) is 24.3 Å². The van der Waals surface area contributed by atoms with Gasteiger partial charge in [0.2, 0.25) is 10.0 Å². The molecule has 12 heteroatoms. The Hall–Kier alpha value is -3.84. The van der Waals surface area contributed by atoms with Gasteiger partial charge in [0.25, 0.3) is 17.6 Å². The van der Waals surface area contributed by atoms with E-state index in [-0.39, 0.29) is 29.1 Å². The van der Waals surface area contributed by atoms with Crippen LogP contribution in [0.2, 0.25) is 0 Å². The average Bonchev–Trinajstić information content (AvgIpc) is 3.36. The Morgan fingerprint density at radius 3 is 2.36 bits per heavy atom. The Balaban J connectivity index is 1.64. The minimum Gasteiger partial charge on any atom is -0.507 e. The number of hydrogen-bond donors (Lipinski definition) is 1. The summed E-state index contributed by atoms with van der Waals surface area (Å²) in [5.41, 5.74) is -1.20. The van der Waals surface area contributed by atoms with Crippen LogP contribution in [-0.2, 0) is 34.7 Å². The maximum absolute atomic E-state index is 14.4. The monoisotopic (exact) mass is 594 g/mol. The van der Waals surface area contributed by atoms with Crippen LogP contribution in [0.5, 0.6) is 0 Å². The zero-order valence-corrected chi connectivity index (χ0v) is 24.5. The first kappa shape index (κ1) is 29.6. The van der Waals surface area contributed by atoms with Crippen molar-refractivity contribution in [2.75, 3.05) is 64.9 Å². The number of fused-ring (bicyclic) bond motifs is 2. The molecule has 3 aliphatic rings. The number of carbonyl (C=O) groups excluding carboxylic acids is 3. The molecule has 2 aromatic carbocycles. The van der Waals surface area contributed by atoms with Crippen LogP contribution < -0.4 is 4.90 Å². The smallest absolute Gasteiger partial charge is 0.296 e. The van der Waals surface area contributed by atoms with Crippen molar-refractivity contribution in [2.24, 2.45) is 0 Å². The average molecular weight is 595 g/mol. The first-order valence-corrected chi connectivity index (χ1v) is 15.2. The molecule has 1 spiro atoms. The highest BCUT2D eigenvalue weighted by Gasteiger charge is 2.66. The summed E-state index contributed by atoms with van der Waals surface area (Å²) in [5.74, 6) is -2.95. The predicted octanol–water partition coefficient (Wildman–Crippen LogP) is 1.77. The zero-order chi connectivity index (χ0) is 30.2. The molecule has 42 heavy (non-hydrogen) atoms. The highest BCUT2D eigenvalue weighted by Crippen LogP contribution is 2.53. The van der Waals surface area contributed by atoms with Crippen LogP contribution in [0.1, 0.15) is 17.5 Å². The lowest BCUT2D eigenvalue weighted by atomic mass is 9.82. The van der Waals surface area contributed by atoms with Crippen LogP contribution in [0.4, 0.5) is 5.69 Å². The van der Waals surface area contributed by atoms with Crippen LogP contribution in [0.3, 0.4) is 0 Å². The molecule has 2 saturated heterocycles. The largest absolute Gasteiger partial charge is 0.507 e. The number of aliphatic hydroxyl groups excluding tert-OH is 1. The van der Waals surface area contributed by atoms with Crippen LogP contribution >= 0.6 is 0 Å². The number of rotatable bonds is 9. The number of aliphatic hydroxyl groups is 1. The van der Waals surface area contributed by atoms with E-state index in [0.717, 1.165) is 17.4 Å². The molecule has 0 aromatic heterocycles. The Labute approximate surface area is 245 Å². The van der Waals surface area contributed by atoms with Crippen molar-refractivity contribution in [3.05, 3.63) is 77.9 Å². The number of ether oxygens (including phenoxy) is 1. The van der Waals surface area contributed by atoms with Gasteiger partial charge in [0.05, 0.1) is 29.4 Å². The topological polar surface area (TPSA) is 128 Å². The van der Waals surface area contributed by atoms with Gasteiger partial charge in [0.1, 0.15) is 5.76 Å². The number of likely N-dealkylation sites (tertiary alicyclic amines) is 1. The maximum atomic E-state index is 14.4. The lowest BCUT2D eigenvalue weighted by molar-refractivity contribution is -0.143. The molecule has 11 nitrogen and oxygen atoms in total. The molecule has 3 aliphatic heterocycles. The van der Waals surface area contributed by atoms with Crippen molar-refractivity contribution < 1.29 is 32.6 Å². The Morgan fingerprint density at radius 1 is 1.05 bits per heavy atom. The molecule has 1 N–H and O–H groups in total. The quantitative estimate of drug-likeness (QED) is 0.201. The van der Waals surface area contributed by atoms with E-state index in [2.05, 4.69) is 11.5 Å². The van der Waals surface area contributed by atoms with E-state index in [1.807, 2.05) is 0 Å². The number of para-hydroxylation sites is 1. The summed E-state index contributed by atoms with van der Waals surface area (Å²) in [4.78, 5) is 46.8. The summed E-state index contributed by atoms with van der Waals surface area (Å²) in [6.45, 7) is 7.36. The normalized spacial score (nSPS) is 22.4. The van der Waals surface area contributed by atoms with Crippen LogP contribution in [0.15, 0.2) is 71.7 Å². The van der Waals surface area contributed by atoms with Crippen LogP contribution in [0.25, 0.3) is 5.76 Å². The van der Waals surface area contributed by atoms with Gasteiger partial charge in [-0.15, -0.1) is 6.58 Å². The summed E-state index contributed by atoms with van der Waals surface area (Å²) in [5, 5.41) is 11.7. The number of anilines is 1. The molecule has 0 bridgehead atoms. The minimum atomic E-state index is -3.75. The van der Waals surface area contributed by atoms with Crippen molar-refractivity contribution in [2.45, 2.75) is 16.9 Å². The lowest BCUT2D eigenvalue weighted by Crippen LogP contribution is -2.52. The summed E-state index contributed by atoms with van der Waals surface area (Å²) in [7, 11) is -0.939. The van der Waals surface area contributed by atoms with Gasteiger partial charge in [0.15, 0.2) is 5.54 Å². The summed E-state index contributed by atoms with van der Waals surface area (Å²) in [6.07, 6.45) is 2.05. The highest BCUT2D eigenvalue weighted by molar-refractivity contribution is 7.89.